The summed E-state index contributed by atoms with van der Waals surface area (Å²) in [5, 5.41) is 8.75. The van der Waals surface area contributed by atoms with Gasteiger partial charge >= 0.3 is 0 Å². The van der Waals surface area contributed by atoms with E-state index >= 15 is 0 Å². The average Bonchev–Trinajstić information content (AvgIpc) is 2.75. The molecule has 2 heterocycles. The second kappa shape index (κ2) is 7.38. The third-order valence-electron chi connectivity index (χ3n) is 3.48. The van der Waals surface area contributed by atoms with Crippen LogP contribution in [0.15, 0.2) is 22.9 Å². The Balaban J connectivity index is 2.35. The lowest BCUT2D eigenvalue weighted by Crippen LogP contribution is -2.24. The second-order valence-corrected chi connectivity index (χ2v) is 6.07. The molecule has 0 amide bonds. The zero-order valence-corrected chi connectivity index (χ0v) is 14.9. The molecular weight excluding hydrogens is 352 g/mol. The van der Waals surface area contributed by atoms with E-state index in [1.165, 1.54) is 5.69 Å². The van der Waals surface area contributed by atoms with Crippen molar-refractivity contribution in [2.45, 2.75) is 39.8 Å². The predicted molar refractivity (Wildman–Crippen MR) is 89.7 cm³/mol. The number of aryl methyl sites for hydroxylation is 2. The molecule has 0 aliphatic rings. The van der Waals surface area contributed by atoms with Gasteiger partial charge in [-0.25, -0.2) is 0 Å². The van der Waals surface area contributed by atoms with E-state index in [4.69, 9.17) is 11.6 Å². The Morgan fingerprint density at radius 1 is 1.43 bits per heavy atom. The third kappa shape index (κ3) is 3.65. The molecular formula is C15H20BrClN4. The Morgan fingerprint density at radius 2 is 2.19 bits per heavy atom. The lowest BCUT2D eigenvalue weighted by Gasteiger charge is -2.20. The minimum absolute atomic E-state index is 0.142. The third-order valence-corrected chi connectivity index (χ3v) is 4.83. The summed E-state index contributed by atoms with van der Waals surface area (Å²) in [5.74, 6) is 0. The van der Waals surface area contributed by atoms with Crippen molar-refractivity contribution in [2.75, 3.05) is 6.54 Å². The fraction of sp³-hybridized carbons (Fsp3) is 0.467. The second-order valence-electron chi connectivity index (χ2n) is 4.87. The van der Waals surface area contributed by atoms with Crippen molar-refractivity contribution in [3.63, 3.8) is 0 Å². The van der Waals surface area contributed by atoms with Crippen LogP contribution in [0.1, 0.15) is 36.8 Å². The Bertz CT molecular complexity index is 612. The Hall–Kier alpha value is -0.910. The van der Waals surface area contributed by atoms with Crippen molar-refractivity contribution >= 4 is 27.5 Å². The monoisotopic (exact) mass is 370 g/mol. The summed E-state index contributed by atoms with van der Waals surface area (Å²) in [7, 11) is 0. The number of aromatic nitrogens is 3. The summed E-state index contributed by atoms with van der Waals surface area (Å²) in [4.78, 5) is 4.06. The first-order valence-corrected chi connectivity index (χ1v) is 8.30. The number of pyridine rings is 1. The van der Waals surface area contributed by atoms with E-state index in [-0.39, 0.29) is 6.04 Å². The molecule has 0 aliphatic carbocycles. The van der Waals surface area contributed by atoms with E-state index in [1.54, 1.807) is 12.4 Å². The van der Waals surface area contributed by atoms with Crippen LogP contribution < -0.4 is 5.32 Å². The molecule has 0 aromatic carbocycles. The molecule has 4 nitrogen and oxygen atoms in total. The van der Waals surface area contributed by atoms with E-state index in [9.17, 15) is 0 Å². The van der Waals surface area contributed by atoms with Gasteiger partial charge in [0.05, 0.1) is 20.9 Å². The van der Waals surface area contributed by atoms with Crippen LogP contribution in [0.25, 0.3) is 0 Å². The number of hydrogen-bond acceptors (Lipinski definition) is 3. The molecule has 2 aromatic rings. The van der Waals surface area contributed by atoms with Gasteiger partial charge in [0.1, 0.15) is 0 Å². The molecule has 0 fully saturated rings. The number of likely N-dealkylation sites (N-methyl/N-ethyl adjacent to an activating group) is 1. The molecule has 0 saturated heterocycles. The number of nitrogens with zero attached hydrogens (tertiary/aromatic N) is 3. The van der Waals surface area contributed by atoms with Crippen molar-refractivity contribution in [1.29, 1.82) is 0 Å². The fourth-order valence-corrected chi connectivity index (χ4v) is 3.16. The van der Waals surface area contributed by atoms with Crippen LogP contribution in [-0.4, -0.2) is 21.3 Å². The van der Waals surface area contributed by atoms with Gasteiger partial charge in [-0.2, -0.15) is 5.10 Å². The van der Waals surface area contributed by atoms with E-state index in [1.807, 2.05) is 17.7 Å². The Morgan fingerprint density at radius 3 is 2.81 bits per heavy atom. The van der Waals surface area contributed by atoms with Crippen molar-refractivity contribution in [3.05, 3.63) is 44.9 Å². The average molecular weight is 372 g/mol. The maximum atomic E-state index is 6.30. The predicted octanol–water partition coefficient (Wildman–Crippen LogP) is 3.92. The zero-order chi connectivity index (χ0) is 15.4. The van der Waals surface area contributed by atoms with Crippen LogP contribution in [0.5, 0.6) is 0 Å². The maximum absolute atomic E-state index is 6.30. The standard InChI is InChI=1S/C15H20BrClN4/c1-4-19-13(11-6-7-18-9-12(11)17)8-14-15(16)10(3)20-21(14)5-2/h6-7,9,13,19H,4-5,8H2,1-3H3. The molecule has 0 bridgehead atoms. The Kier molecular flexibility index (Phi) is 5.79. The highest BCUT2D eigenvalue weighted by Crippen LogP contribution is 2.29. The highest BCUT2D eigenvalue weighted by molar-refractivity contribution is 9.10. The first-order valence-electron chi connectivity index (χ1n) is 7.13. The summed E-state index contributed by atoms with van der Waals surface area (Å²) < 4.78 is 3.12. The molecule has 0 spiro atoms. The highest BCUT2D eigenvalue weighted by atomic mass is 79.9. The van der Waals surface area contributed by atoms with E-state index in [0.717, 1.165) is 35.2 Å². The first-order chi connectivity index (χ1) is 10.1. The molecule has 1 unspecified atom stereocenters. The van der Waals surface area contributed by atoms with Crippen molar-refractivity contribution < 1.29 is 0 Å². The minimum atomic E-state index is 0.142. The van der Waals surface area contributed by atoms with Crippen LogP contribution >= 0.6 is 27.5 Å². The molecule has 0 radical (unpaired) electrons. The molecule has 0 saturated carbocycles. The fourth-order valence-electron chi connectivity index (χ4n) is 2.46. The minimum Gasteiger partial charge on any atom is -0.310 e. The van der Waals surface area contributed by atoms with Gasteiger partial charge in [0.2, 0.25) is 0 Å². The van der Waals surface area contributed by atoms with E-state index in [0.29, 0.717) is 5.02 Å². The molecule has 2 rings (SSSR count). The quantitative estimate of drug-likeness (QED) is 0.837. The van der Waals surface area contributed by atoms with Crippen molar-refractivity contribution in [2.24, 2.45) is 0 Å². The lowest BCUT2D eigenvalue weighted by molar-refractivity contribution is 0.515. The molecule has 1 atom stereocenters. The van der Waals surface area contributed by atoms with Crippen LogP contribution in [0.3, 0.4) is 0 Å². The van der Waals surface area contributed by atoms with Crippen molar-refractivity contribution in [3.8, 4) is 0 Å². The number of rotatable bonds is 6. The molecule has 21 heavy (non-hydrogen) atoms. The summed E-state index contributed by atoms with van der Waals surface area (Å²) in [6.07, 6.45) is 4.30. The van der Waals surface area contributed by atoms with Gasteiger partial charge in [-0.1, -0.05) is 18.5 Å². The van der Waals surface area contributed by atoms with Crippen LogP contribution in [0, 0.1) is 6.92 Å². The van der Waals surface area contributed by atoms with Gasteiger partial charge in [-0.3, -0.25) is 9.67 Å². The maximum Gasteiger partial charge on any atom is 0.0738 e. The first kappa shape index (κ1) is 16.5. The number of nitrogens with one attached hydrogen (secondary N) is 1. The Labute approximate surface area is 139 Å². The molecule has 0 aliphatic heterocycles. The smallest absolute Gasteiger partial charge is 0.0738 e. The van der Waals surface area contributed by atoms with Crippen LogP contribution in [0.2, 0.25) is 5.02 Å². The van der Waals surface area contributed by atoms with Crippen LogP contribution in [-0.2, 0) is 13.0 Å². The zero-order valence-electron chi connectivity index (χ0n) is 12.5. The number of halogens is 2. The van der Waals surface area contributed by atoms with Gasteiger partial charge in [0.25, 0.3) is 0 Å². The van der Waals surface area contributed by atoms with E-state index < -0.39 is 0 Å². The molecule has 2 aromatic heterocycles. The summed E-state index contributed by atoms with van der Waals surface area (Å²) >= 11 is 9.96. The summed E-state index contributed by atoms with van der Waals surface area (Å²) in [6, 6.07) is 2.12. The topological polar surface area (TPSA) is 42.7 Å². The normalized spacial score (nSPS) is 12.6. The van der Waals surface area contributed by atoms with Crippen LogP contribution in [0.4, 0.5) is 0 Å². The highest BCUT2D eigenvalue weighted by Gasteiger charge is 2.20. The SMILES string of the molecule is CCNC(Cc1c(Br)c(C)nn1CC)c1ccncc1Cl. The van der Waals surface area contributed by atoms with Gasteiger partial charge in [0, 0.05) is 31.4 Å². The lowest BCUT2D eigenvalue weighted by atomic mass is 10.0. The number of hydrogen-bond donors (Lipinski definition) is 1. The molecule has 1 N–H and O–H groups in total. The van der Waals surface area contributed by atoms with Crippen molar-refractivity contribution in [1.82, 2.24) is 20.1 Å². The molecule has 114 valence electrons. The van der Waals surface area contributed by atoms with Gasteiger partial charge in [-0.15, -0.1) is 0 Å². The van der Waals surface area contributed by atoms with E-state index in [2.05, 4.69) is 45.2 Å². The summed E-state index contributed by atoms with van der Waals surface area (Å²) in [6.45, 7) is 7.94. The van der Waals surface area contributed by atoms with Gasteiger partial charge < -0.3 is 5.32 Å². The largest absolute Gasteiger partial charge is 0.310 e. The molecule has 6 heteroatoms. The van der Waals surface area contributed by atoms with Gasteiger partial charge in [-0.05, 0) is 48.0 Å². The van der Waals surface area contributed by atoms with Gasteiger partial charge in [0.15, 0.2) is 0 Å². The summed E-state index contributed by atoms with van der Waals surface area (Å²) in [5.41, 5.74) is 3.28.